The van der Waals surface area contributed by atoms with E-state index < -0.39 is 5.97 Å². The predicted molar refractivity (Wildman–Crippen MR) is 97.0 cm³/mol. The number of carbonyl (C=O) groups is 1. The van der Waals surface area contributed by atoms with Gasteiger partial charge in [-0.15, -0.1) is 11.8 Å². The number of benzene rings is 1. The van der Waals surface area contributed by atoms with Crippen LogP contribution < -0.4 is 4.74 Å². The van der Waals surface area contributed by atoms with Crippen LogP contribution in [0.4, 0.5) is 0 Å². The van der Waals surface area contributed by atoms with Crippen LogP contribution in [0.5, 0.6) is 5.75 Å². The lowest BCUT2D eigenvalue weighted by atomic mass is 10.1. The molecule has 0 aliphatic carbocycles. The van der Waals surface area contributed by atoms with Crippen molar-refractivity contribution in [2.75, 3.05) is 19.0 Å². The van der Waals surface area contributed by atoms with Crippen molar-refractivity contribution in [2.24, 2.45) is 0 Å². The Hall–Kier alpha value is -2.52. The molecule has 0 aliphatic rings. The molecule has 0 bridgehead atoms. The Morgan fingerprint density at radius 2 is 2.08 bits per heavy atom. The molecule has 0 saturated heterocycles. The summed E-state index contributed by atoms with van der Waals surface area (Å²) >= 11 is 1.43. The molecule has 0 saturated carbocycles. The lowest BCUT2D eigenvalue weighted by Gasteiger charge is -2.10. The summed E-state index contributed by atoms with van der Waals surface area (Å²) in [5.41, 5.74) is 2.34. The Balaban J connectivity index is 2.02. The van der Waals surface area contributed by atoms with E-state index in [-0.39, 0.29) is 6.61 Å². The van der Waals surface area contributed by atoms with E-state index in [1.807, 2.05) is 31.2 Å². The number of thioether (sulfide) groups is 1. The minimum Gasteiger partial charge on any atom is -0.492 e. The first-order valence-electron chi connectivity index (χ1n) is 7.97. The molecule has 0 unspecified atom stereocenters. The Morgan fingerprint density at radius 1 is 1.32 bits per heavy atom. The number of aromatic nitrogens is 1. The van der Waals surface area contributed by atoms with E-state index in [1.54, 1.807) is 19.9 Å². The molecule has 0 radical (unpaired) electrons. The molecular formula is C19H20N2O3S. The van der Waals surface area contributed by atoms with E-state index in [2.05, 4.69) is 11.1 Å². The summed E-state index contributed by atoms with van der Waals surface area (Å²) in [5.74, 6) is 1.04. The van der Waals surface area contributed by atoms with Gasteiger partial charge in [0.05, 0.1) is 30.0 Å². The van der Waals surface area contributed by atoms with E-state index in [1.165, 1.54) is 11.8 Å². The number of hydrogen-bond acceptors (Lipinski definition) is 6. The molecule has 1 heterocycles. The zero-order valence-corrected chi connectivity index (χ0v) is 15.4. The number of nitrogens with zero attached hydrogens (tertiary/aromatic N) is 2. The van der Waals surface area contributed by atoms with Gasteiger partial charge in [-0.05, 0) is 38.5 Å². The third-order valence-corrected chi connectivity index (χ3v) is 4.42. The molecule has 0 aliphatic heterocycles. The van der Waals surface area contributed by atoms with Crippen molar-refractivity contribution in [3.8, 4) is 11.8 Å². The molecule has 2 aromatic rings. The first-order valence-corrected chi connectivity index (χ1v) is 8.95. The van der Waals surface area contributed by atoms with Crippen LogP contribution in [-0.4, -0.2) is 29.9 Å². The van der Waals surface area contributed by atoms with Crippen LogP contribution in [0.2, 0.25) is 0 Å². The third kappa shape index (κ3) is 4.97. The van der Waals surface area contributed by atoms with Gasteiger partial charge in [0, 0.05) is 5.75 Å². The summed E-state index contributed by atoms with van der Waals surface area (Å²) in [4.78, 5) is 16.3. The topological polar surface area (TPSA) is 72.2 Å². The van der Waals surface area contributed by atoms with Gasteiger partial charge in [-0.3, -0.25) is 0 Å². The van der Waals surface area contributed by atoms with Crippen LogP contribution in [0.15, 0.2) is 35.4 Å². The molecule has 0 fully saturated rings. The average Bonchev–Trinajstić information content (AvgIpc) is 2.60. The van der Waals surface area contributed by atoms with Gasteiger partial charge in [-0.1, -0.05) is 18.2 Å². The maximum absolute atomic E-state index is 11.9. The second kappa shape index (κ2) is 9.09. The van der Waals surface area contributed by atoms with Crippen LogP contribution in [0.25, 0.3) is 0 Å². The number of rotatable bonds is 7. The SMILES string of the molecule is CCOC(=O)c1cc(C#N)c(SCCOc2ccccc2C)nc1C. The number of aryl methyl sites for hydroxylation is 2. The fourth-order valence-corrected chi connectivity index (χ4v) is 3.02. The number of carbonyl (C=O) groups excluding carboxylic acids is 1. The predicted octanol–water partition coefficient (Wildman–Crippen LogP) is 3.92. The highest BCUT2D eigenvalue weighted by Crippen LogP contribution is 2.24. The number of ether oxygens (including phenoxy) is 2. The molecule has 1 aromatic heterocycles. The lowest BCUT2D eigenvalue weighted by Crippen LogP contribution is -2.09. The van der Waals surface area contributed by atoms with Crippen LogP contribution in [0, 0.1) is 25.2 Å². The summed E-state index contributed by atoms with van der Waals surface area (Å²) in [5, 5.41) is 9.93. The number of para-hydroxylation sites is 1. The highest BCUT2D eigenvalue weighted by atomic mass is 32.2. The standard InChI is InChI=1S/C19H20N2O3S/c1-4-23-19(22)16-11-15(12-20)18(21-14(16)3)25-10-9-24-17-8-6-5-7-13(17)2/h5-8,11H,4,9-10H2,1-3H3. The summed E-state index contributed by atoms with van der Waals surface area (Å²) < 4.78 is 10.7. The minimum atomic E-state index is -0.455. The van der Waals surface area contributed by atoms with Crippen LogP contribution >= 0.6 is 11.8 Å². The second-order valence-corrected chi connectivity index (χ2v) is 6.35. The molecule has 5 nitrogen and oxygen atoms in total. The lowest BCUT2D eigenvalue weighted by molar-refractivity contribution is 0.0524. The normalized spacial score (nSPS) is 10.2. The maximum atomic E-state index is 11.9. The van der Waals surface area contributed by atoms with Crippen molar-refractivity contribution >= 4 is 17.7 Å². The third-order valence-electron chi connectivity index (χ3n) is 3.47. The van der Waals surface area contributed by atoms with Crippen molar-refractivity contribution in [3.63, 3.8) is 0 Å². The maximum Gasteiger partial charge on any atom is 0.340 e. The van der Waals surface area contributed by atoms with Crippen LogP contribution in [0.3, 0.4) is 0 Å². The Labute approximate surface area is 152 Å². The summed E-state index contributed by atoms with van der Waals surface area (Å²) in [7, 11) is 0. The molecule has 2 rings (SSSR count). The van der Waals surface area contributed by atoms with Gasteiger partial charge < -0.3 is 9.47 Å². The van der Waals surface area contributed by atoms with E-state index in [4.69, 9.17) is 9.47 Å². The molecule has 1 aromatic carbocycles. The quantitative estimate of drug-likeness (QED) is 0.425. The van der Waals surface area contributed by atoms with Gasteiger partial charge in [0.25, 0.3) is 0 Å². The average molecular weight is 356 g/mol. The molecular weight excluding hydrogens is 336 g/mol. The fraction of sp³-hybridized carbons (Fsp3) is 0.316. The van der Waals surface area contributed by atoms with Gasteiger partial charge in [0.2, 0.25) is 0 Å². The number of hydrogen-bond donors (Lipinski definition) is 0. The number of pyridine rings is 1. The highest BCUT2D eigenvalue weighted by molar-refractivity contribution is 7.99. The van der Waals surface area contributed by atoms with Crippen molar-refractivity contribution in [1.82, 2.24) is 4.98 Å². The molecule has 0 amide bonds. The first-order chi connectivity index (χ1) is 12.1. The van der Waals surface area contributed by atoms with Crippen molar-refractivity contribution < 1.29 is 14.3 Å². The van der Waals surface area contributed by atoms with E-state index in [0.717, 1.165) is 11.3 Å². The Morgan fingerprint density at radius 3 is 2.76 bits per heavy atom. The first kappa shape index (κ1) is 18.8. The zero-order chi connectivity index (χ0) is 18.2. The highest BCUT2D eigenvalue weighted by Gasteiger charge is 2.16. The van der Waals surface area contributed by atoms with E-state index in [9.17, 15) is 10.1 Å². The van der Waals surface area contributed by atoms with Crippen molar-refractivity contribution in [1.29, 1.82) is 5.26 Å². The van der Waals surface area contributed by atoms with Gasteiger partial charge in [-0.25, -0.2) is 9.78 Å². The minimum absolute atomic E-state index is 0.285. The van der Waals surface area contributed by atoms with Crippen molar-refractivity contribution in [2.45, 2.75) is 25.8 Å². The van der Waals surface area contributed by atoms with Gasteiger partial charge in [-0.2, -0.15) is 5.26 Å². The summed E-state index contributed by atoms with van der Waals surface area (Å²) in [6, 6.07) is 11.5. The summed E-state index contributed by atoms with van der Waals surface area (Å²) in [6.45, 7) is 6.26. The van der Waals surface area contributed by atoms with Crippen molar-refractivity contribution in [3.05, 3.63) is 52.7 Å². The number of esters is 1. The second-order valence-electron chi connectivity index (χ2n) is 5.27. The molecule has 6 heteroatoms. The molecule has 25 heavy (non-hydrogen) atoms. The van der Waals surface area contributed by atoms with Gasteiger partial charge >= 0.3 is 5.97 Å². The Kier molecular flexibility index (Phi) is 6.84. The molecule has 0 N–H and O–H groups in total. The van der Waals surface area contributed by atoms with Gasteiger partial charge in [0.1, 0.15) is 16.8 Å². The smallest absolute Gasteiger partial charge is 0.340 e. The fourth-order valence-electron chi connectivity index (χ4n) is 2.20. The van der Waals surface area contributed by atoms with Gasteiger partial charge in [0.15, 0.2) is 0 Å². The largest absolute Gasteiger partial charge is 0.492 e. The van der Waals surface area contributed by atoms with Crippen LogP contribution in [0.1, 0.15) is 34.1 Å². The zero-order valence-electron chi connectivity index (χ0n) is 14.5. The van der Waals surface area contributed by atoms with E-state index >= 15 is 0 Å². The van der Waals surface area contributed by atoms with Crippen LogP contribution in [-0.2, 0) is 4.74 Å². The molecule has 130 valence electrons. The summed E-state index contributed by atoms with van der Waals surface area (Å²) in [6.07, 6.45) is 0. The number of nitriles is 1. The van der Waals surface area contributed by atoms with E-state index in [0.29, 0.717) is 34.2 Å². The monoisotopic (exact) mass is 356 g/mol. The molecule has 0 spiro atoms. The molecule has 0 atom stereocenters. The Bertz CT molecular complexity index is 800.